The van der Waals surface area contributed by atoms with Gasteiger partial charge in [0.15, 0.2) is 0 Å². The largest absolute Gasteiger partial charge is 0.367 e. The van der Waals surface area contributed by atoms with Crippen LogP contribution in [-0.4, -0.2) is 30.2 Å². The lowest BCUT2D eigenvalue weighted by Crippen LogP contribution is -2.48. The van der Waals surface area contributed by atoms with Gasteiger partial charge in [-0.1, -0.05) is 6.92 Å². The Morgan fingerprint density at radius 3 is 3.00 bits per heavy atom. The van der Waals surface area contributed by atoms with E-state index in [1.807, 2.05) is 12.4 Å². The SMILES string of the molecule is CCCNC1CCN(c2cnccc2C)C(C)C1. The van der Waals surface area contributed by atoms with Gasteiger partial charge in [0.1, 0.15) is 0 Å². The maximum Gasteiger partial charge on any atom is 0.0584 e. The summed E-state index contributed by atoms with van der Waals surface area (Å²) in [6, 6.07) is 3.38. The second-order valence-corrected chi connectivity index (χ2v) is 5.38. The van der Waals surface area contributed by atoms with Gasteiger partial charge in [-0.05, 0) is 51.3 Å². The molecule has 2 unspecified atom stereocenters. The summed E-state index contributed by atoms with van der Waals surface area (Å²) in [6.45, 7) is 9.00. The van der Waals surface area contributed by atoms with Gasteiger partial charge in [0.05, 0.1) is 11.9 Å². The van der Waals surface area contributed by atoms with E-state index in [1.165, 1.54) is 30.5 Å². The molecule has 100 valence electrons. The first-order chi connectivity index (χ1) is 8.72. The molecule has 2 heterocycles. The lowest BCUT2D eigenvalue weighted by atomic mass is 9.97. The number of hydrogen-bond acceptors (Lipinski definition) is 3. The molecule has 1 saturated heterocycles. The Labute approximate surface area is 111 Å². The molecule has 0 bridgehead atoms. The van der Waals surface area contributed by atoms with E-state index in [9.17, 15) is 0 Å². The molecule has 1 fully saturated rings. The standard InChI is InChI=1S/C15H25N3/c1-4-7-17-14-6-9-18(13(3)10-14)15-11-16-8-5-12(15)2/h5,8,11,13-14,17H,4,6-7,9-10H2,1-3H3. The highest BCUT2D eigenvalue weighted by Gasteiger charge is 2.25. The number of anilines is 1. The Morgan fingerprint density at radius 2 is 2.33 bits per heavy atom. The summed E-state index contributed by atoms with van der Waals surface area (Å²) in [7, 11) is 0. The van der Waals surface area contributed by atoms with Gasteiger partial charge in [0.2, 0.25) is 0 Å². The molecule has 2 atom stereocenters. The zero-order valence-electron chi connectivity index (χ0n) is 11.8. The molecule has 0 aliphatic carbocycles. The van der Waals surface area contributed by atoms with E-state index in [2.05, 4.69) is 42.0 Å². The first-order valence-electron chi connectivity index (χ1n) is 7.13. The van der Waals surface area contributed by atoms with Crippen LogP contribution in [0.1, 0.15) is 38.7 Å². The quantitative estimate of drug-likeness (QED) is 0.886. The third-order valence-electron chi connectivity index (χ3n) is 3.88. The second kappa shape index (κ2) is 6.19. The van der Waals surface area contributed by atoms with Gasteiger partial charge in [-0.15, -0.1) is 0 Å². The van der Waals surface area contributed by atoms with Gasteiger partial charge in [-0.25, -0.2) is 0 Å². The molecular weight excluding hydrogens is 222 g/mol. The predicted octanol–water partition coefficient (Wildman–Crippen LogP) is 2.75. The predicted molar refractivity (Wildman–Crippen MR) is 77.1 cm³/mol. The molecule has 18 heavy (non-hydrogen) atoms. The van der Waals surface area contributed by atoms with Crippen molar-refractivity contribution in [2.45, 2.75) is 52.1 Å². The van der Waals surface area contributed by atoms with Crippen LogP contribution in [0.2, 0.25) is 0 Å². The number of piperidine rings is 1. The fourth-order valence-electron chi connectivity index (χ4n) is 2.82. The first-order valence-corrected chi connectivity index (χ1v) is 7.13. The molecule has 3 heteroatoms. The van der Waals surface area contributed by atoms with Crippen molar-refractivity contribution in [1.82, 2.24) is 10.3 Å². The van der Waals surface area contributed by atoms with Crippen LogP contribution >= 0.6 is 0 Å². The highest BCUT2D eigenvalue weighted by molar-refractivity contribution is 5.52. The summed E-state index contributed by atoms with van der Waals surface area (Å²) < 4.78 is 0. The minimum atomic E-state index is 0.594. The van der Waals surface area contributed by atoms with Crippen molar-refractivity contribution in [3.63, 3.8) is 0 Å². The molecule has 1 aromatic rings. The summed E-state index contributed by atoms with van der Waals surface area (Å²) in [5.74, 6) is 0. The van der Waals surface area contributed by atoms with E-state index in [1.54, 1.807) is 0 Å². The number of rotatable bonds is 4. The van der Waals surface area contributed by atoms with Crippen LogP contribution < -0.4 is 10.2 Å². The van der Waals surface area contributed by atoms with Crippen LogP contribution in [-0.2, 0) is 0 Å². The minimum absolute atomic E-state index is 0.594. The van der Waals surface area contributed by atoms with Crippen molar-refractivity contribution in [1.29, 1.82) is 0 Å². The van der Waals surface area contributed by atoms with Crippen molar-refractivity contribution in [3.05, 3.63) is 24.0 Å². The van der Waals surface area contributed by atoms with Gasteiger partial charge >= 0.3 is 0 Å². The Morgan fingerprint density at radius 1 is 1.50 bits per heavy atom. The third-order valence-corrected chi connectivity index (χ3v) is 3.88. The van der Waals surface area contributed by atoms with Crippen molar-refractivity contribution in [2.24, 2.45) is 0 Å². The van der Waals surface area contributed by atoms with Gasteiger partial charge < -0.3 is 10.2 Å². The lowest BCUT2D eigenvalue weighted by molar-refractivity contribution is 0.368. The molecule has 1 aromatic heterocycles. The maximum absolute atomic E-state index is 4.27. The molecule has 0 amide bonds. The van der Waals surface area contributed by atoms with Crippen LogP contribution in [0.25, 0.3) is 0 Å². The number of aromatic nitrogens is 1. The van der Waals surface area contributed by atoms with Crippen LogP contribution in [0, 0.1) is 6.92 Å². The monoisotopic (exact) mass is 247 g/mol. The molecule has 3 nitrogen and oxygen atoms in total. The summed E-state index contributed by atoms with van der Waals surface area (Å²) in [4.78, 5) is 6.77. The summed E-state index contributed by atoms with van der Waals surface area (Å²) in [6.07, 6.45) is 7.56. The molecule has 0 aromatic carbocycles. The molecule has 0 radical (unpaired) electrons. The number of nitrogens with zero attached hydrogens (tertiary/aromatic N) is 2. The van der Waals surface area contributed by atoms with E-state index in [-0.39, 0.29) is 0 Å². The number of nitrogens with one attached hydrogen (secondary N) is 1. The Hall–Kier alpha value is -1.09. The third kappa shape index (κ3) is 3.02. The fourth-order valence-corrected chi connectivity index (χ4v) is 2.82. The number of pyridine rings is 1. The molecule has 0 saturated carbocycles. The van der Waals surface area contributed by atoms with E-state index < -0.39 is 0 Å². The number of hydrogen-bond donors (Lipinski definition) is 1. The molecule has 1 aliphatic heterocycles. The molecule has 2 rings (SSSR count). The van der Waals surface area contributed by atoms with Crippen LogP contribution in [0.5, 0.6) is 0 Å². The minimum Gasteiger partial charge on any atom is -0.367 e. The second-order valence-electron chi connectivity index (χ2n) is 5.38. The van der Waals surface area contributed by atoms with E-state index in [0.717, 1.165) is 13.1 Å². The smallest absolute Gasteiger partial charge is 0.0584 e. The van der Waals surface area contributed by atoms with Gasteiger partial charge in [0.25, 0.3) is 0 Å². The van der Waals surface area contributed by atoms with Crippen molar-refractivity contribution < 1.29 is 0 Å². The average molecular weight is 247 g/mol. The van der Waals surface area contributed by atoms with Gasteiger partial charge in [-0.3, -0.25) is 4.98 Å². The van der Waals surface area contributed by atoms with Crippen molar-refractivity contribution >= 4 is 5.69 Å². The van der Waals surface area contributed by atoms with Crippen LogP contribution in [0.15, 0.2) is 18.5 Å². The maximum atomic E-state index is 4.27. The van der Waals surface area contributed by atoms with Gasteiger partial charge in [0, 0.05) is 24.8 Å². The summed E-state index contributed by atoms with van der Waals surface area (Å²) in [5, 5.41) is 3.65. The topological polar surface area (TPSA) is 28.2 Å². The first kappa shape index (κ1) is 13.3. The lowest BCUT2D eigenvalue weighted by Gasteiger charge is -2.40. The highest BCUT2D eigenvalue weighted by atomic mass is 15.2. The Balaban J connectivity index is 1.99. The molecule has 1 aliphatic rings. The molecule has 1 N–H and O–H groups in total. The van der Waals surface area contributed by atoms with Crippen LogP contribution in [0.3, 0.4) is 0 Å². The zero-order chi connectivity index (χ0) is 13.0. The molecule has 0 spiro atoms. The Kier molecular flexibility index (Phi) is 4.59. The number of aryl methyl sites for hydroxylation is 1. The molecular formula is C15H25N3. The Bertz CT molecular complexity index is 378. The van der Waals surface area contributed by atoms with Crippen LogP contribution in [0.4, 0.5) is 5.69 Å². The fraction of sp³-hybridized carbons (Fsp3) is 0.667. The normalized spacial score (nSPS) is 24.3. The van der Waals surface area contributed by atoms with E-state index >= 15 is 0 Å². The average Bonchev–Trinajstić information content (AvgIpc) is 2.38. The van der Waals surface area contributed by atoms with E-state index in [0.29, 0.717) is 12.1 Å². The summed E-state index contributed by atoms with van der Waals surface area (Å²) in [5.41, 5.74) is 2.63. The van der Waals surface area contributed by atoms with Crippen molar-refractivity contribution in [3.8, 4) is 0 Å². The van der Waals surface area contributed by atoms with Gasteiger partial charge in [-0.2, -0.15) is 0 Å². The highest BCUT2D eigenvalue weighted by Crippen LogP contribution is 2.26. The van der Waals surface area contributed by atoms with E-state index in [4.69, 9.17) is 0 Å². The van der Waals surface area contributed by atoms with Crippen molar-refractivity contribution in [2.75, 3.05) is 18.0 Å². The zero-order valence-corrected chi connectivity index (χ0v) is 11.8. The summed E-state index contributed by atoms with van der Waals surface area (Å²) >= 11 is 0.